The van der Waals surface area contributed by atoms with Crippen LogP contribution < -0.4 is 10.6 Å². The Hall–Kier alpha value is -2.12. The summed E-state index contributed by atoms with van der Waals surface area (Å²) >= 11 is 0. The van der Waals surface area contributed by atoms with Gasteiger partial charge in [-0.2, -0.15) is 0 Å². The molecule has 3 N–H and O–H groups in total. The maximum atomic E-state index is 12.3. The molecule has 0 aromatic heterocycles. The molecule has 8 heteroatoms. The quantitative estimate of drug-likeness (QED) is 0.470. The summed E-state index contributed by atoms with van der Waals surface area (Å²) in [6, 6.07) is -1.89. The maximum Gasteiger partial charge on any atom is 0.329 e. The highest BCUT2D eigenvalue weighted by Crippen LogP contribution is 2.11. The highest BCUT2D eigenvalue weighted by atomic mass is 16.5. The third-order valence-corrected chi connectivity index (χ3v) is 3.98. The summed E-state index contributed by atoms with van der Waals surface area (Å²) in [5.74, 6) is -3.19. The van der Waals surface area contributed by atoms with Gasteiger partial charge in [-0.1, -0.05) is 48.0 Å². The Morgan fingerprint density at radius 1 is 1.00 bits per heavy atom. The van der Waals surface area contributed by atoms with E-state index in [4.69, 9.17) is 9.84 Å². The maximum absolute atomic E-state index is 12.3. The summed E-state index contributed by atoms with van der Waals surface area (Å²) in [6.45, 7) is 10.2. The zero-order valence-corrected chi connectivity index (χ0v) is 16.5. The number of ether oxygens (including phenoxy) is 1. The number of aliphatic carboxylic acids is 1. The number of nitrogens with one attached hydrogen (secondary N) is 2. The van der Waals surface area contributed by atoms with Crippen molar-refractivity contribution in [1.29, 1.82) is 0 Å². The van der Waals surface area contributed by atoms with Gasteiger partial charge in [0.05, 0.1) is 0 Å². The van der Waals surface area contributed by atoms with Crippen LogP contribution in [0.3, 0.4) is 0 Å². The van der Waals surface area contributed by atoms with Crippen LogP contribution in [-0.4, -0.2) is 47.6 Å². The molecule has 0 bridgehead atoms. The van der Waals surface area contributed by atoms with Gasteiger partial charge in [-0.05, 0) is 18.3 Å². The SMILES string of the molecule is CCC(C)C(NC(=O)C(C)C)C(=O)OCC(=O)NC(CC(C)C)C(=O)O. The van der Waals surface area contributed by atoms with Gasteiger partial charge in [0.25, 0.3) is 5.91 Å². The summed E-state index contributed by atoms with van der Waals surface area (Å²) in [5, 5.41) is 14.1. The number of hydrogen-bond acceptors (Lipinski definition) is 5. The summed E-state index contributed by atoms with van der Waals surface area (Å²) in [6.07, 6.45) is 0.911. The number of esters is 1. The molecule has 150 valence electrons. The van der Waals surface area contributed by atoms with E-state index in [2.05, 4.69) is 10.6 Å². The number of hydrogen-bond donors (Lipinski definition) is 3. The molecule has 0 aliphatic carbocycles. The van der Waals surface area contributed by atoms with Crippen molar-refractivity contribution in [2.75, 3.05) is 6.61 Å². The Morgan fingerprint density at radius 2 is 1.58 bits per heavy atom. The van der Waals surface area contributed by atoms with Crippen molar-refractivity contribution in [1.82, 2.24) is 10.6 Å². The van der Waals surface area contributed by atoms with Gasteiger partial charge in [0, 0.05) is 5.92 Å². The Labute approximate surface area is 155 Å². The summed E-state index contributed by atoms with van der Waals surface area (Å²) < 4.78 is 5.00. The topological polar surface area (TPSA) is 122 Å². The second-order valence-corrected chi connectivity index (χ2v) is 7.22. The van der Waals surface area contributed by atoms with Crippen LogP contribution in [-0.2, 0) is 23.9 Å². The minimum absolute atomic E-state index is 0.0833. The van der Waals surface area contributed by atoms with Crippen LogP contribution in [0.4, 0.5) is 0 Å². The normalized spacial score (nSPS) is 14.5. The Kier molecular flexibility index (Phi) is 10.6. The number of carbonyl (C=O) groups is 4. The van der Waals surface area contributed by atoms with Crippen molar-refractivity contribution < 1.29 is 29.0 Å². The first-order valence-corrected chi connectivity index (χ1v) is 8.98. The van der Waals surface area contributed by atoms with Crippen LogP contribution in [0.5, 0.6) is 0 Å². The first-order chi connectivity index (χ1) is 12.0. The third kappa shape index (κ3) is 8.82. The van der Waals surface area contributed by atoms with Crippen molar-refractivity contribution in [2.24, 2.45) is 17.8 Å². The van der Waals surface area contributed by atoms with E-state index in [9.17, 15) is 19.2 Å². The largest absolute Gasteiger partial charge is 0.480 e. The van der Waals surface area contributed by atoms with Crippen molar-refractivity contribution in [3.05, 3.63) is 0 Å². The van der Waals surface area contributed by atoms with Crippen LogP contribution in [0.15, 0.2) is 0 Å². The van der Waals surface area contributed by atoms with E-state index in [-0.39, 0.29) is 30.1 Å². The van der Waals surface area contributed by atoms with E-state index in [0.717, 1.165) is 0 Å². The Balaban J connectivity index is 4.76. The highest BCUT2D eigenvalue weighted by molar-refractivity contribution is 5.88. The highest BCUT2D eigenvalue weighted by Gasteiger charge is 2.29. The molecule has 0 fully saturated rings. The molecule has 0 rings (SSSR count). The van der Waals surface area contributed by atoms with Crippen LogP contribution in [0.25, 0.3) is 0 Å². The lowest BCUT2D eigenvalue weighted by Crippen LogP contribution is -2.48. The lowest BCUT2D eigenvalue weighted by Gasteiger charge is -2.23. The molecule has 8 nitrogen and oxygen atoms in total. The van der Waals surface area contributed by atoms with Gasteiger partial charge in [-0.15, -0.1) is 0 Å². The zero-order chi connectivity index (χ0) is 20.4. The molecule has 0 aliphatic heterocycles. The number of amides is 2. The van der Waals surface area contributed by atoms with Gasteiger partial charge in [0.1, 0.15) is 12.1 Å². The average Bonchev–Trinajstić information content (AvgIpc) is 2.55. The van der Waals surface area contributed by atoms with Crippen molar-refractivity contribution in [3.63, 3.8) is 0 Å². The van der Waals surface area contributed by atoms with Gasteiger partial charge in [0.15, 0.2) is 6.61 Å². The molecular weight excluding hydrogens is 340 g/mol. The van der Waals surface area contributed by atoms with E-state index in [1.54, 1.807) is 20.8 Å². The first-order valence-electron chi connectivity index (χ1n) is 8.98. The van der Waals surface area contributed by atoms with E-state index < -0.39 is 36.5 Å². The number of carboxylic acids is 1. The standard InChI is InChI=1S/C18H32N2O6/c1-7-12(6)15(20-16(22)11(4)5)18(25)26-9-14(21)19-13(17(23)24)8-10(2)3/h10-13,15H,7-9H2,1-6H3,(H,19,21)(H,20,22)(H,23,24). The Bertz CT molecular complexity index is 504. The lowest BCUT2D eigenvalue weighted by atomic mass is 9.98. The molecule has 0 aromatic carbocycles. The molecule has 0 radical (unpaired) electrons. The molecule has 0 aliphatic rings. The third-order valence-electron chi connectivity index (χ3n) is 3.98. The zero-order valence-electron chi connectivity index (χ0n) is 16.5. The van der Waals surface area contributed by atoms with Crippen LogP contribution in [0.2, 0.25) is 0 Å². The Morgan fingerprint density at radius 3 is 2.00 bits per heavy atom. The molecule has 0 saturated carbocycles. The second-order valence-electron chi connectivity index (χ2n) is 7.22. The predicted molar refractivity (Wildman–Crippen MR) is 96.2 cm³/mol. The fraction of sp³-hybridized carbons (Fsp3) is 0.778. The van der Waals surface area contributed by atoms with Crippen LogP contribution in [0.1, 0.15) is 54.4 Å². The van der Waals surface area contributed by atoms with Gasteiger partial charge >= 0.3 is 11.9 Å². The average molecular weight is 372 g/mol. The number of carbonyl (C=O) groups excluding carboxylic acids is 3. The first kappa shape index (κ1) is 23.9. The van der Waals surface area contributed by atoms with Crippen molar-refractivity contribution in [3.8, 4) is 0 Å². The van der Waals surface area contributed by atoms with Crippen LogP contribution in [0, 0.1) is 17.8 Å². The summed E-state index contributed by atoms with van der Waals surface area (Å²) in [7, 11) is 0. The second kappa shape index (κ2) is 11.5. The van der Waals surface area contributed by atoms with Crippen LogP contribution >= 0.6 is 0 Å². The fourth-order valence-corrected chi connectivity index (χ4v) is 2.14. The van der Waals surface area contributed by atoms with E-state index >= 15 is 0 Å². The van der Waals surface area contributed by atoms with E-state index in [1.807, 2.05) is 20.8 Å². The molecule has 0 aromatic rings. The predicted octanol–water partition coefficient (Wildman–Crippen LogP) is 1.33. The number of carboxylic acid groups (broad SMARTS) is 1. The molecule has 0 heterocycles. The smallest absolute Gasteiger partial charge is 0.329 e. The number of rotatable bonds is 11. The van der Waals surface area contributed by atoms with E-state index in [1.165, 1.54) is 0 Å². The molecule has 3 atom stereocenters. The fourth-order valence-electron chi connectivity index (χ4n) is 2.14. The lowest BCUT2D eigenvalue weighted by molar-refractivity contribution is -0.154. The molecule has 2 amide bonds. The van der Waals surface area contributed by atoms with Gasteiger partial charge < -0.3 is 20.5 Å². The molecule has 3 unspecified atom stereocenters. The minimum Gasteiger partial charge on any atom is -0.480 e. The van der Waals surface area contributed by atoms with Gasteiger partial charge in [0.2, 0.25) is 5.91 Å². The monoisotopic (exact) mass is 372 g/mol. The molecular formula is C18H32N2O6. The van der Waals surface area contributed by atoms with Gasteiger partial charge in [-0.3, -0.25) is 9.59 Å². The summed E-state index contributed by atoms with van der Waals surface area (Å²) in [4.78, 5) is 47.2. The molecule has 0 spiro atoms. The minimum atomic E-state index is -1.14. The molecule has 0 saturated heterocycles. The summed E-state index contributed by atoms with van der Waals surface area (Å²) in [5.41, 5.74) is 0. The van der Waals surface area contributed by atoms with Crippen molar-refractivity contribution in [2.45, 2.75) is 66.5 Å². The molecule has 26 heavy (non-hydrogen) atoms. The van der Waals surface area contributed by atoms with Gasteiger partial charge in [-0.25, -0.2) is 9.59 Å². The van der Waals surface area contributed by atoms with Crippen molar-refractivity contribution >= 4 is 23.8 Å². The van der Waals surface area contributed by atoms with E-state index in [0.29, 0.717) is 6.42 Å².